The maximum Gasteiger partial charge on any atom is 0.257 e. The fourth-order valence-corrected chi connectivity index (χ4v) is 1.87. The van der Waals surface area contributed by atoms with Crippen molar-refractivity contribution in [3.8, 4) is 11.5 Å². The highest BCUT2D eigenvalue weighted by Crippen LogP contribution is 2.32. The van der Waals surface area contributed by atoms with Crippen molar-refractivity contribution < 1.29 is 14.3 Å². The lowest BCUT2D eigenvalue weighted by atomic mass is 10.2. The van der Waals surface area contributed by atoms with Crippen molar-refractivity contribution in [1.82, 2.24) is 10.2 Å². The second-order valence-corrected chi connectivity index (χ2v) is 4.10. The summed E-state index contributed by atoms with van der Waals surface area (Å²) in [5.74, 6) is 0.979. The Labute approximate surface area is 100 Å². The van der Waals surface area contributed by atoms with Crippen LogP contribution in [0.5, 0.6) is 11.5 Å². The van der Waals surface area contributed by atoms with Gasteiger partial charge in [-0.25, -0.2) is 0 Å². The summed E-state index contributed by atoms with van der Waals surface area (Å²) in [5, 5.41) is 10.5. The van der Waals surface area contributed by atoms with Crippen molar-refractivity contribution in [2.45, 2.75) is 0 Å². The fraction of sp³-hybridized carbons (Fsp3) is 0.100. The second-order valence-electron chi connectivity index (χ2n) is 3.27. The average molecular weight is 249 g/mol. The number of nitrogens with one attached hydrogen (secondary N) is 1. The highest BCUT2D eigenvalue weighted by Gasteiger charge is 2.16. The van der Waals surface area contributed by atoms with E-state index in [2.05, 4.69) is 15.5 Å². The molecule has 1 aromatic carbocycles. The Bertz CT molecular complexity index is 556. The molecule has 0 saturated heterocycles. The molecule has 0 unspecified atom stereocenters. The molecule has 2 heterocycles. The molecule has 7 heteroatoms. The van der Waals surface area contributed by atoms with E-state index in [0.717, 1.165) is 0 Å². The van der Waals surface area contributed by atoms with Gasteiger partial charge in [-0.05, 0) is 18.2 Å². The Balaban J connectivity index is 1.82. The lowest BCUT2D eigenvalue weighted by Gasteiger charge is -2.02. The minimum absolute atomic E-state index is 0.191. The topological polar surface area (TPSA) is 73.3 Å². The Morgan fingerprint density at radius 2 is 2.24 bits per heavy atom. The summed E-state index contributed by atoms with van der Waals surface area (Å²) in [6.07, 6.45) is 0. The maximum absolute atomic E-state index is 11.8. The number of ether oxygens (including phenoxy) is 2. The molecule has 1 amide bonds. The second kappa shape index (κ2) is 4.02. The summed E-state index contributed by atoms with van der Waals surface area (Å²) in [6.45, 7) is 0.191. The smallest absolute Gasteiger partial charge is 0.257 e. The first kappa shape index (κ1) is 10.0. The van der Waals surface area contributed by atoms with Gasteiger partial charge in [-0.1, -0.05) is 11.3 Å². The lowest BCUT2D eigenvalue weighted by Crippen LogP contribution is -2.11. The van der Waals surface area contributed by atoms with Gasteiger partial charge >= 0.3 is 0 Å². The largest absolute Gasteiger partial charge is 0.454 e. The number of amides is 1. The molecule has 2 aromatic rings. The molecule has 6 nitrogen and oxygen atoms in total. The number of rotatable bonds is 2. The number of aromatic nitrogens is 2. The zero-order chi connectivity index (χ0) is 11.7. The highest BCUT2D eigenvalue weighted by molar-refractivity contribution is 7.13. The number of carbonyl (C=O) groups is 1. The Hall–Kier alpha value is -2.15. The van der Waals surface area contributed by atoms with Crippen LogP contribution >= 0.6 is 11.3 Å². The Morgan fingerprint density at radius 3 is 3.06 bits per heavy atom. The first-order valence-electron chi connectivity index (χ1n) is 4.80. The molecule has 1 aliphatic rings. The van der Waals surface area contributed by atoms with Gasteiger partial charge < -0.3 is 9.47 Å². The van der Waals surface area contributed by atoms with Crippen LogP contribution in [0.2, 0.25) is 0 Å². The van der Waals surface area contributed by atoms with Crippen molar-refractivity contribution in [2.75, 3.05) is 12.1 Å². The molecule has 0 saturated carbocycles. The molecule has 86 valence electrons. The molecule has 3 rings (SSSR count). The van der Waals surface area contributed by atoms with Gasteiger partial charge in [0.1, 0.15) is 5.51 Å². The molecular formula is C10H7N3O3S. The zero-order valence-corrected chi connectivity index (χ0v) is 9.36. The summed E-state index contributed by atoms with van der Waals surface area (Å²) >= 11 is 1.26. The third-order valence-corrected chi connectivity index (χ3v) is 2.82. The van der Waals surface area contributed by atoms with E-state index >= 15 is 0 Å². The van der Waals surface area contributed by atoms with Crippen LogP contribution in [0.25, 0.3) is 0 Å². The van der Waals surface area contributed by atoms with Crippen molar-refractivity contribution in [3.05, 3.63) is 29.3 Å². The first-order chi connectivity index (χ1) is 8.33. The molecule has 0 bridgehead atoms. The number of nitrogens with zero attached hydrogens (tertiary/aromatic N) is 2. The molecule has 0 aliphatic carbocycles. The van der Waals surface area contributed by atoms with Crippen LogP contribution < -0.4 is 14.8 Å². The van der Waals surface area contributed by atoms with Gasteiger partial charge in [-0.15, -0.1) is 10.2 Å². The molecule has 17 heavy (non-hydrogen) atoms. The molecular weight excluding hydrogens is 242 g/mol. The van der Waals surface area contributed by atoms with Gasteiger partial charge in [0.25, 0.3) is 5.91 Å². The van der Waals surface area contributed by atoms with E-state index in [1.165, 1.54) is 11.3 Å². The van der Waals surface area contributed by atoms with Crippen LogP contribution in [-0.4, -0.2) is 22.9 Å². The molecule has 1 aliphatic heterocycles. The van der Waals surface area contributed by atoms with Crippen molar-refractivity contribution in [3.63, 3.8) is 0 Å². The van der Waals surface area contributed by atoms with E-state index in [9.17, 15) is 4.79 Å². The number of benzene rings is 1. The summed E-state index contributed by atoms with van der Waals surface area (Å²) < 4.78 is 10.4. The first-order valence-corrected chi connectivity index (χ1v) is 5.68. The molecule has 0 atom stereocenters. The van der Waals surface area contributed by atoms with E-state index in [4.69, 9.17) is 9.47 Å². The standard InChI is InChI=1S/C10H7N3O3S/c14-9(12-10-13-11-4-17-10)6-1-2-7-8(3-6)16-5-15-7/h1-4H,5H2,(H,12,13,14). The lowest BCUT2D eigenvalue weighted by molar-refractivity contribution is 0.102. The Kier molecular flexibility index (Phi) is 2.37. The SMILES string of the molecule is O=C(Nc1nncs1)c1ccc2c(c1)OCO2. The van der Waals surface area contributed by atoms with Gasteiger partial charge in [-0.2, -0.15) is 0 Å². The predicted molar refractivity (Wildman–Crippen MR) is 60.4 cm³/mol. The number of anilines is 1. The minimum Gasteiger partial charge on any atom is -0.454 e. The average Bonchev–Trinajstić information content (AvgIpc) is 2.97. The predicted octanol–water partition coefficient (Wildman–Crippen LogP) is 1.52. The quantitative estimate of drug-likeness (QED) is 0.873. The summed E-state index contributed by atoms with van der Waals surface area (Å²) in [5.41, 5.74) is 2.04. The van der Waals surface area contributed by atoms with Gasteiger partial charge in [-0.3, -0.25) is 10.1 Å². The molecule has 0 radical (unpaired) electrons. The normalized spacial score (nSPS) is 12.5. The van der Waals surface area contributed by atoms with Crippen LogP contribution in [0, 0.1) is 0 Å². The number of hydrogen-bond donors (Lipinski definition) is 1. The number of carbonyl (C=O) groups excluding carboxylic acids is 1. The molecule has 1 aromatic heterocycles. The number of fused-ring (bicyclic) bond motifs is 1. The van der Waals surface area contributed by atoms with Crippen LogP contribution in [0.3, 0.4) is 0 Å². The van der Waals surface area contributed by atoms with E-state index in [1.807, 2.05) is 0 Å². The van der Waals surface area contributed by atoms with E-state index in [1.54, 1.807) is 23.7 Å². The van der Waals surface area contributed by atoms with Crippen molar-refractivity contribution in [1.29, 1.82) is 0 Å². The summed E-state index contributed by atoms with van der Waals surface area (Å²) in [7, 11) is 0. The number of hydrogen-bond acceptors (Lipinski definition) is 6. The van der Waals surface area contributed by atoms with Gasteiger partial charge in [0.05, 0.1) is 0 Å². The van der Waals surface area contributed by atoms with Crippen molar-refractivity contribution in [2.24, 2.45) is 0 Å². The van der Waals surface area contributed by atoms with Crippen molar-refractivity contribution >= 4 is 22.4 Å². The third kappa shape index (κ3) is 1.92. The third-order valence-electron chi connectivity index (χ3n) is 2.22. The molecule has 0 spiro atoms. The monoisotopic (exact) mass is 249 g/mol. The van der Waals surface area contributed by atoms with Crippen LogP contribution in [0.15, 0.2) is 23.7 Å². The summed E-state index contributed by atoms with van der Waals surface area (Å²) in [6, 6.07) is 5.01. The van der Waals surface area contributed by atoms with E-state index in [-0.39, 0.29) is 12.7 Å². The minimum atomic E-state index is -0.250. The van der Waals surface area contributed by atoms with Gasteiger partial charge in [0.15, 0.2) is 11.5 Å². The van der Waals surface area contributed by atoms with Crippen LogP contribution in [0.1, 0.15) is 10.4 Å². The maximum atomic E-state index is 11.8. The van der Waals surface area contributed by atoms with E-state index in [0.29, 0.717) is 22.2 Å². The fourth-order valence-electron chi connectivity index (χ4n) is 1.43. The van der Waals surface area contributed by atoms with Crippen LogP contribution in [0.4, 0.5) is 5.13 Å². The molecule has 0 fully saturated rings. The van der Waals surface area contributed by atoms with Crippen LogP contribution in [-0.2, 0) is 0 Å². The summed E-state index contributed by atoms with van der Waals surface area (Å²) in [4.78, 5) is 11.8. The van der Waals surface area contributed by atoms with Gasteiger partial charge in [0.2, 0.25) is 11.9 Å². The van der Waals surface area contributed by atoms with E-state index < -0.39 is 0 Å². The van der Waals surface area contributed by atoms with Gasteiger partial charge in [0, 0.05) is 5.56 Å². The Morgan fingerprint density at radius 1 is 1.35 bits per heavy atom. The molecule has 1 N–H and O–H groups in total. The zero-order valence-electron chi connectivity index (χ0n) is 8.54. The highest BCUT2D eigenvalue weighted by atomic mass is 32.1.